The van der Waals surface area contributed by atoms with Gasteiger partial charge in [-0.25, -0.2) is 0 Å². The van der Waals surface area contributed by atoms with E-state index in [0.717, 1.165) is 35.5 Å². The number of hydrogen-bond donors (Lipinski definition) is 0. The lowest BCUT2D eigenvalue weighted by molar-refractivity contribution is -0.00512. The third-order valence-electron chi connectivity index (χ3n) is 20.6. The molecule has 68 heavy (non-hydrogen) atoms. The second-order valence-electron chi connectivity index (χ2n) is 24.7. The summed E-state index contributed by atoms with van der Waals surface area (Å²) >= 11 is 0. The van der Waals surface area contributed by atoms with Gasteiger partial charge in [-0.15, -0.1) is 0 Å². The van der Waals surface area contributed by atoms with E-state index in [1.807, 2.05) is 0 Å². The summed E-state index contributed by atoms with van der Waals surface area (Å²) in [6, 6.07) is 54.3. The minimum Gasteiger partial charge on any atom is -0.375 e. The highest BCUT2D eigenvalue weighted by molar-refractivity contribution is 6.90. The lowest BCUT2D eigenvalue weighted by Crippen LogP contribution is -2.58. The van der Waals surface area contributed by atoms with Crippen LogP contribution in [0.4, 0.5) is 17.1 Å². The van der Waals surface area contributed by atoms with E-state index in [2.05, 4.69) is 164 Å². The first-order valence-electron chi connectivity index (χ1n) is 26.8. The molecule has 332 valence electrons. The Kier molecular flexibility index (Phi) is 7.11. The van der Waals surface area contributed by atoms with E-state index < -0.39 is 5.41 Å². The van der Waals surface area contributed by atoms with Crippen molar-refractivity contribution in [3.63, 3.8) is 0 Å². The highest BCUT2D eigenvalue weighted by Gasteiger charge is 2.56. The monoisotopic (exact) mass is 878 g/mol. The van der Waals surface area contributed by atoms with E-state index >= 15 is 0 Å². The molecule has 0 amide bonds. The number of anilines is 3. The highest BCUT2D eigenvalue weighted by Crippen LogP contribution is 2.65. The summed E-state index contributed by atoms with van der Waals surface area (Å²) in [6.45, 7) is 7.54. The number of rotatable bonds is 2. The molecule has 3 heteroatoms. The van der Waals surface area contributed by atoms with Crippen molar-refractivity contribution >= 4 is 56.6 Å². The number of aryl methyl sites for hydroxylation is 1. The van der Waals surface area contributed by atoms with Gasteiger partial charge in [0.15, 0.2) is 0 Å². The van der Waals surface area contributed by atoms with Crippen LogP contribution in [-0.2, 0) is 16.2 Å². The lowest BCUT2D eigenvalue weighted by Gasteiger charge is -2.57. The minimum absolute atomic E-state index is 0.0386. The van der Waals surface area contributed by atoms with Gasteiger partial charge in [0.1, 0.15) is 0 Å². The van der Waals surface area contributed by atoms with Gasteiger partial charge in [0.25, 0.3) is 0 Å². The van der Waals surface area contributed by atoms with Crippen LogP contribution in [0, 0.1) is 42.4 Å². The predicted molar refractivity (Wildman–Crippen MR) is 282 cm³/mol. The van der Waals surface area contributed by atoms with Crippen LogP contribution in [0.3, 0.4) is 0 Å². The SMILES string of the molecule is Cc1cc2c3c(c1)N1c4ccccc4C4(c5ccccc5-c5ccccc54)c4cccc(c41)B3n1c3ccc(C45CC6CC(CC(C6)C4)C5)cc3c3cc(C45CC(C)CC(CC(C)C4)C5)cc-2c31. The summed E-state index contributed by atoms with van der Waals surface area (Å²) in [5.41, 5.74) is 25.9. The van der Waals surface area contributed by atoms with Gasteiger partial charge < -0.3 is 9.38 Å². The molecule has 3 aliphatic heterocycles. The van der Waals surface area contributed by atoms with E-state index in [-0.39, 0.29) is 12.3 Å². The number of nitrogens with zero attached hydrogens (tertiary/aromatic N) is 2. The predicted octanol–water partition coefficient (Wildman–Crippen LogP) is 14.8. The van der Waals surface area contributed by atoms with Gasteiger partial charge in [0.05, 0.1) is 11.1 Å². The topological polar surface area (TPSA) is 8.17 Å². The number of aromatic nitrogens is 1. The average molecular weight is 879 g/mol. The molecule has 2 nitrogen and oxygen atoms in total. The maximum absolute atomic E-state index is 2.89. The molecular formula is C65H59BN2. The third kappa shape index (κ3) is 4.51. The maximum Gasteiger partial charge on any atom is 0.333 e. The molecule has 6 bridgehead atoms. The average Bonchev–Trinajstić information content (AvgIpc) is 3.82. The number of benzene rings is 7. The molecule has 2 unspecified atom stereocenters. The van der Waals surface area contributed by atoms with Crippen LogP contribution < -0.4 is 15.8 Å². The largest absolute Gasteiger partial charge is 0.375 e. The Labute approximate surface area is 401 Å². The molecular weight excluding hydrogens is 820 g/mol. The summed E-state index contributed by atoms with van der Waals surface area (Å²) in [6.07, 6.45) is 15.4. The zero-order chi connectivity index (χ0) is 44.6. The molecule has 0 N–H and O–H groups in total. The second-order valence-corrected chi connectivity index (χ2v) is 24.7. The van der Waals surface area contributed by atoms with Crippen LogP contribution in [0.25, 0.3) is 44.1 Å². The van der Waals surface area contributed by atoms with Crippen molar-refractivity contribution in [3.05, 3.63) is 172 Å². The van der Waals surface area contributed by atoms with E-state index in [1.165, 1.54) is 170 Å². The standard InChI is InChI=1S/C65H59BN2/c1-37-23-49-51-30-45(63-31-38(2)21-40(33-63)22-39(3)32-63)29-50-48-28-44(64-34-41-25-42(35-64)27-43(26-41)36-64)19-20-57(48)68(61(50)51)66-56-17-10-16-55-62(56)67(59(24-37)60(49)66)58-18-9-8-15-54(58)65(55)52-13-6-4-11-46(52)47-12-5-7-14-53(47)65/h4-20,23-24,28-30,38-43H,21-22,25-27,31-36H2,1-3H3. The van der Waals surface area contributed by atoms with Gasteiger partial charge >= 0.3 is 6.85 Å². The van der Waals surface area contributed by atoms with Crippen molar-refractivity contribution in [3.8, 4) is 22.3 Å². The molecule has 6 saturated carbocycles. The Morgan fingerprint density at radius 1 is 0.485 bits per heavy atom. The smallest absolute Gasteiger partial charge is 0.333 e. The van der Waals surface area contributed by atoms with Crippen LogP contribution in [0.15, 0.2) is 133 Å². The van der Waals surface area contributed by atoms with Crippen molar-refractivity contribution in [2.45, 2.75) is 108 Å². The summed E-state index contributed by atoms with van der Waals surface area (Å²) in [7, 11) is 0. The van der Waals surface area contributed by atoms with Crippen molar-refractivity contribution in [1.29, 1.82) is 0 Å². The Hall–Kier alpha value is -5.80. The van der Waals surface area contributed by atoms with Gasteiger partial charge in [-0.2, -0.15) is 0 Å². The van der Waals surface area contributed by atoms with E-state index in [1.54, 1.807) is 11.1 Å². The van der Waals surface area contributed by atoms with Crippen molar-refractivity contribution in [2.24, 2.45) is 35.5 Å². The summed E-state index contributed by atoms with van der Waals surface area (Å²) < 4.78 is 2.89. The normalized spacial score (nSPS) is 29.8. The van der Waals surface area contributed by atoms with Gasteiger partial charge in [-0.05, 0) is 227 Å². The molecule has 1 spiro atoms. The molecule has 7 aliphatic carbocycles. The molecule has 6 fully saturated rings. The summed E-state index contributed by atoms with van der Waals surface area (Å²) in [5.74, 6) is 5.13. The van der Waals surface area contributed by atoms with Crippen LogP contribution in [-0.4, -0.2) is 11.3 Å². The van der Waals surface area contributed by atoms with Crippen molar-refractivity contribution < 1.29 is 0 Å². The molecule has 4 heterocycles. The van der Waals surface area contributed by atoms with Crippen molar-refractivity contribution in [1.82, 2.24) is 4.48 Å². The Morgan fingerprint density at radius 2 is 1.09 bits per heavy atom. The lowest BCUT2D eigenvalue weighted by atomic mass is 9.43. The molecule has 18 rings (SSSR count). The fraction of sp³-hybridized carbons (Fsp3) is 0.354. The Balaban J connectivity index is 0.987. The van der Waals surface area contributed by atoms with Crippen LogP contribution >= 0.6 is 0 Å². The Morgan fingerprint density at radius 3 is 1.79 bits per heavy atom. The number of hydrogen-bond acceptors (Lipinski definition) is 1. The third-order valence-corrected chi connectivity index (χ3v) is 20.6. The minimum atomic E-state index is -0.441. The highest BCUT2D eigenvalue weighted by atomic mass is 15.2. The fourth-order valence-electron chi connectivity index (χ4n) is 19.4. The van der Waals surface area contributed by atoms with Crippen LogP contribution in [0.5, 0.6) is 0 Å². The van der Waals surface area contributed by atoms with E-state index in [9.17, 15) is 0 Å². The molecule has 1 aromatic heterocycles. The molecule has 7 aromatic carbocycles. The first-order valence-corrected chi connectivity index (χ1v) is 26.8. The van der Waals surface area contributed by atoms with Gasteiger partial charge in [-0.3, -0.25) is 0 Å². The van der Waals surface area contributed by atoms with Crippen molar-refractivity contribution in [2.75, 3.05) is 4.90 Å². The molecule has 0 radical (unpaired) electrons. The molecule has 8 aromatic rings. The zero-order valence-electron chi connectivity index (χ0n) is 39.9. The fourth-order valence-corrected chi connectivity index (χ4v) is 19.4. The van der Waals surface area contributed by atoms with Crippen LogP contribution in [0.2, 0.25) is 0 Å². The Bertz CT molecular complexity index is 3490. The first-order chi connectivity index (χ1) is 33.3. The number of fused-ring (bicyclic) bond motifs is 18. The maximum atomic E-state index is 2.89. The van der Waals surface area contributed by atoms with E-state index in [4.69, 9.17) is 0 Å². The first kappa shape index (κ1) is 38.1. The second kappa shape index (κ2) is 12.7. The molecule has 2 atom stereocenters. The molecule has 10 aliphatic rings. The quantitative estimate of drug-likeness (QED) is 0.157. The van der Waals surface area contributed by atoms with Gasteiger partial charge in [0.2, 0.25) is 0 Å². The molecule has 0 saturated heterocycles. The summed E-state index contributed by atoms with van der Waals surface area (Å²) in [5, 5.41) is 3.03. The number of para-hydroxylation sites is 2. The van der Waals surface area contributed by atoms with Gasteiger partial charge in [-0.1, -0.05) is 111 Å². The van der Waals surface area contributed by atoms with E-state index in [0.29, 0.717) is 5.41 Å². The summed E-state index contributed by atoms with van der Waals surface area (Å²) in [4.78, 5) is 2.73. The zero-order valence-corrected chi connectivity index (χ0v) is 39.9. The van der Waals surface area contributed by atoms with Crippen LogP contribution in [0.1, 0.15) is 123 Å². The van der Waals surface area contributed by atoms with Gasteiger partial charge in [0, 0.05) is 38.7 Å².